The van der Waals surface area contributed by atoms with Crippen LogP contribution < -0.4 is 27.4 Å². The Morgan fingerprint density at radius 2 is 1.47 bits per heavy atom. The number of hydrogen-bond acceptors (Lipinski definition) is 8. The largest absolute Gasteiger partial charge is 0.508 e. The number of nitrogens with one attached hydrogen (secondary N) is 3. The summed E-state index contributed by atoms with van der Waals surface area (Å²) in [5.41, 5.74) is 12.0. The number of carboxylic acid groups (broad SMARTS) is 1. The van der Waals surface area contributed by atoms with Crippen molar-refractivity contribution in [3.8, 4) is 5.75 Å². The highest BCUT2D eigenvalue weighted by atomic mass is 32.1. The number of thiol groups is 1. The minimum atomic E-state index is -1.26. The Bertz CT molecular complexity index is 867. The van der Waals surface area contributed by atoms with Gasteiger partial charge >= 0.3 is 5.97 Å². The molecule has 1 rings (SSSR count). The van der Waals surface area contributed by atoms with Gasteiger partial charge in [-0.25, -0.2) is 4.79 Å². The number of carbonyl (C=O) groups excluding carboxylic acids is 3. The van der Waals surface area contributed by atoms with E-state index in [1.54, 1.807) is 12.1 Å². The van der Waals surface area contributed by atoms with Gasteiger partial charge in [0.25, 0.3) is 0 Å². The van der Waals surface area contributed by atoms with Gasteiger partial charge in [-0.1, -0.05) is 26.0 Å². The summed E-state index contributed by atoms with van der Waals surface area (Å²) in [7, 11) is 0. The molecule has 12 heteroatoms. The Balaban J connectivity index is 2.92. The number of rotatable bonds is 16. The van der Waals surface area contributed by atoms with Crippen molar-refractivity contribution in [2.75, 3.05) is 12.3 Å². The van der Waals surface area contributed by atoms with Gasteiger partial charge < -0.3 is 37.6 Å². The predicted molar refractivity (Wildman–Crippen MR) is 139 cm³/mol. The standard InChI is InChI=1S/C24H39N5O6S/c1-14(2)11-17(26)21(31)29-20(13-36)23(33)27-18(5-3-4-10-25)22(32)28-19(24(34)35)12-15-6-8-16(30)9-7-15/h6-9,14,17-20,30,36H,3-5,10-13,25-26H2,1-2H3,(H,27,33)(H,28,32)(H,29,31)(H,34,35). The highest BCUT2D eigenvalue weighted by Gasteiger charge is 2.30. The van der Waals surface area contributed by atoms with Gasteiger partial charge in [0.1, 0.15) is 23.9 Å². The summed E-state index contributed by atoms with van der Waals surface area (Å²) in [6.07, 6.45) is 1.76. The highest BCUT2D eigenvalue weighted by molar-refractivity contribution is 7.80. The van der Waals surface area contributed by atoms with Crippen LogP contribution in [-0.2, 0) is 25.6 Å². The Hall–Kier alpha value is -2.83. The number of unbranched alkanes of at least 4 members (excludes halogenated alkanes) is 1. The number of benzene rings is 1. The van der Waals surface area contributed by atoms with Crippen molar-refractivity contribution < 1.29 is 29.4 Å². The van der Waals surface area contributed by atoms with Crippen molar-refractivity contribution in [3.05, 3.63) is 29.8 Å². The molecule has 0 aliphatic rings. The van der Waals surface area contributed by atoms with Crippen molar-refractivity contribution in [2.45, 2.75) is 70.1 Å². The minimum absolute atomic E-state index is 0.0200. The van der Waals surface area contributed by atoms with Gasteiger partial charge in [-0.05, 0) is 55.8 Å². The van der Waals surface area contributed by atoms with Crippen LogP contribution in [-0.4, -0.2) is 70.4 Å². The van der Waals surface area contributed by atoms with Crippen molar-refractivity contribution in [1.82, 2.24) is 16.0 Å². The van der Waals surface area contributed by atoms with Crippen molar-refractivity contribution in [3.63, 3.8) is 0 Å². The fraction of sp³-hybridized carbons (Fsp3) is 0.583. The van der Waals surface area contributed by atoms with Crippen LogP contribution in [0.1, 0.15) is 45.1 Å². The van der Waals surface area contributed by atoms with E-state index in [0.29, 0.717) is 31.4 Å². The average Bonchev–Trinajstić information content (AvgIpc) is 2.81. The summed E-state index contributed by atoms with van der Waals surface area (Å²) in [5, 5.41) is 26.7. The molecule has 0 bridgehead atoms. The van der Waals surface area contributed by atoms with E-state index in [1.807, 2.05) is 13.8 Å². The normalized spacial score (nSPS) is 14.4. The lowest BCUT2D eigenvalue weighted by molar-refractivity contribution is -0.142. The van der Waals surface area contributed by atoms with E-state index in [2.05, 4.69) is 28.6 Å². The zero-order valence-electron chi connectivity index (χ0n) is 20.8. The molecule has 0 spiro atoms. The summed E-state index contributed by atoms with van der Waals surface area (Å²) in [6, 6.07) is 1.83. The molecule has 36 heavy (non-hydrogen) atoms. The first-order chi connectivity index (χ1) is 17.0. The van der Waals surface area contributed by atoms with E-state index in [0.717, 1.165) is 0 Å². The van der Waals surface area contributed by atoms with Gasteiger partial charge in [0, 0.05) is 12.2 Å². The molecular formula is C24H39N5O6S. The lowest BCUT2D eigenvalue weighted by Gasteiger charge is -2.25. The van der Waals surface area contributed by atoms with E-state index in [9.17, 15) is 29.4 Å². The monoisotopic (exact) mass is 525 g/mol. The molecule has 0 saturated carbocycles. The van der Waals surface area contributed by atoms with E-state index >= 15 is 0 Å². The third-order valence-corrected chi connectivity index (χ3v) is 5.81. The lowest BCUT2D eigenvalue weighted by Crippen LogP contribution is -2.57. The fourth-order valence-electron chi connectivity index (χ4n) is 3.46. The van der Waals surface area contributed by atoms with E-state index < -0.39 is 47.9 Å². The number of hydrogen-bond donors (Lipinski definition) is 8. The first-order valence-electron chi connectivity index (χ1n) is 12.0. The molecule has 11 nitrogen and oxygen atoms in total. The number of phenolic OH excluding ortho intramolecular Hbond substituents is 1. The van der Waals surface area contributed by atoms with E-state index in [1.165, 1.54) is 12.1 Å². The minimum Gasteiger partial charge on any atom is -0.508 e. The molecule has 0 heterocycles. The molecule has 0 aromatic heterocycles. The second-order valence-corrected chi connectivity index (χ2v) is 9.46. The fourth-order valence-corrected chi connectivity index (χ4v) is 3.72. The van der Waals surface area contributed by atoms with Gasteiger partial charge in [0.05, 0.1) is 6.04 Å². The second-order valence-electron chi connectivity index (χ2n) is 9.10. The molecule has 0 aliphatic heterocycles. The summed E-state index contributed by atoms with van der Waals surface area (Å²) >= 11 is 4.14. The molecule has 4 unspecified atom stereocenters. The predicted octanol–water partition coefficient (Wildman–Crippen LogP) is -0.0941. The van der Waals surface area contributed by atoms with Gasteiger partial charge in [-0.3, -0.25) is 14.4 Å². The van der Waals surface area contributed by atoms with Crippen LogP contribution in [0.5, 0.6) is 5.75 Å². The molecule has 202 valence electrons. The zero-order valence-corrected chi connectivity index (χ0v) is 21.7. The second kappa shape index (κ2) is 16.0. The number of carbonyl (C=O) groups is 4. The number of amides is 3. The quantitative estimate of drug-likeness (QED) is 0.108. The highest BCUT2D eigenvalue weighted by Crippen LogP contribution is 2.12. The van der Waals surface area contributed by atoms with Crippen LogP contribution in [0.15, 0.2) is 24.3 Å². The Morgan fingerprint density at radius 1 is 0.917 bits per heavy atom. The van der Waals surface area contributed by atoms with Crippen LogP contribution in [0.2, 0.25) is 0 Å². The molecule has 1 aromatic rings. The zero-order chi connectivity index (χ0) is 27.3. The molecule has 0 aliphatic carbocycles. The van der Waals surface area contributed by atoms with E-state index in [-0.39, 0.29) is 30.3 Å². The molecule has 3 amide bonds. The molecule has 0 fully saturated rings. The number of aromatic hydroxyl groups is 1. The molecule has 4 atom stereocenters. The number of phenols is 1. The summed E-state index contributed by atoms with van der Waals surface area (Å²) in [6.45, 7) is 4.24. The number of aliphatic carboxylic acids is 1. The van der Waals surface area contributed by atoms with Crippen LogP contribution in [0, 0.1) is 5.92 Å². The van der Waals surface area contributed by atoms with Crippen molar-refractivity contribution in [2.24, 2.45) is 17.4 Å². The third kappa shape index (κ3) is 11.3. The summed E-state index contributed by atoms with van der Waals surface area (Å²) in [4.78, 5) is 50.1. The van der Waals surface area contributed by atoms with Crippen LogP contribution in [0.3, 0.4) is 0 Å². The molecular weight excluding hydrogens is 486 g/mol. The van der Waals surface area contributed by atoms with Gasteiger partial charge in [0.15, 0.2) is 0 Å². The molecule has 1 aromatic carbocycles. The first kappa shape index (κ1) is 31.2. The lowest BCUT2D eigenvalue weighted by atomic mass is 10.0. The SMILES string of the molecule is CC(C)CC(N)C(=O)NC(CS)C(=O)NC(CCCCN)C(=O)NC(Cc1ccc(O)cc1)C(=O)O. The third-order valence-electron chi connectivity index (χ3n) is 5.45. The van der Waals surface area contributed by atoms with Crippen molar-refractivity contribution in [1.29, 1.82) is 0 Å². The topological polar surface area (TPSA) is 197 Å². The van der Waals surface area contributed by atoms with Crippen LogP contribution in [0.4, 0.5) is 0 Å². The van der Waals surface area contributed by atoms with Crippen molar-refractivity contribution >= 4 is 36.3 Å². The van der Waals surface area contributed by atoms with Gasteiger partial charge in [0.2, 0.25) is 17.7 Å². The van der Waals surface area contributed by atoms with Crippen LogP contribution >= 0.6 is 12.6 Å². The summed E-state index contributed by atoms with van der Waals surface area (Å²) in [5.74, 6) is -2.85. The maximum atomic E-state index is 13.0. The Kier molecular flexibility index (Phi) is 13.9. The summed E-state index contributed by atoms with van der Waals surface area (Å²) < 4.78 is 0. The van der Waals surface area contributed by atoms with E-state index in [4.69, 9.17) is 11.5 Å². The molecule has 0 saturated heterocycles. The Morgan fingerprint density at radius 3 is 2.00 bits per heavy atom. The maximum absolute atomic E-state index is 13.0. The molecule has 9 N–H and O–H groups in total. The van der Waals surface area contributed by atoms with Crippen LogP contribution in [0.25, 0.3) is 0 Å². The smallest absolute Gasteiger partial charge is 0.326 e. The first-order valence-corrected chi connectivity index (χ1v) is 12.6. The maximum Gasteiger partial charge on any atom is 0.326 e. The van der Waals surface area contributed by atoms with Gasteiger partial charge in [-0.2, -0.15) is 12.6 Å². The number of nitrogens with two attached hydrogens (primary N) is 2. The number of carboxylic acids is 1. The Labute approximate surface area is 217 Å². The average molecular weight is 526 g/mol. The molecule has 0 radical (unpaired) electrons. The van der Waals surface area contributed by atoms with Gasteiger partial charge in [-0.15, -0.1) is 0 Å².